The third-order valence-electron chi connectivity index (χ3n) is 5.80. The van der Waals surface area contributed by atoms with Gasteiger partial charge in [-0.2, -0.15) is 0 Å². The second kappa shape index (κ2) is 8.31. The van der Waals surface area contributed by atoms with Crippen LogP contribution in [0.3, 0.4) is 0 Å². The lowest BCUT2D eigenvalue weighted by Crippen LogP contribution is -2.50. The summed E-state index contributed by atoms with van der Waals surface area (Å²) in [7, 11) is 1.60. The Labute approximate surface area is 173 Å². The molecule has 2 aliphatic heterocycles. The monoisotopic (exact) mass is 411 g/mol. The average Bonchev–Trinajstić information content (AvgIpc) is 2.74. The second-order valence-corrected chi connectivity index (χ2v) is 7.78. The minimum Gasteiger partial charge on any atom is -0.548 e. The highest BCUT2D eigenvalue weighted by atomic mass is 16.5. The van der Waals surface area contributed by atoms with Crippen molar-refractivity contribution in [2.24, 2.45) is 5.92 Å². The Kier molecular flexibility index (Phi) is 5.59. The number of piperidine rings is 1. The average molecular weight is 411 g/mol. The molecule has 1 aromatic heterocycles. The molecule has 8 heteroatoms. The summed E-state index contributed by atoms with van der Waals surface area (Å²) in [5.41, 5.74) is 2.39. The van der Waals surface area contributed by atoms with Crippen molar-refractivity contribution in [1.82, 2.24) is 9.47 Å². The van der Waals surface area contributed by atoms with E-state index in [0.29, 0.717) is 25.2 Å². The predicted octanol–water partition coefficient (Wildman–Crippen LogP) is 0.236. The zero-order valence-corrected chi connectivity index (χ0v) is 16.7. The van der Waals surface area contributed by atoms with Crippen molar-refractivity contribution in [3.05, 3.63) is 52.4 Å². The Balaban J connectivity index is 1.54. The lowest BCUT2D eigenvalue weighted by molar-refractivity contribution is -0.309. The number of aromatic nitrogens is 1. The molecule has 2 aromatic rings. The van der Waals surface area contributed by atoms with Crippen LogP contribution in [0.25, 0.3) is 11.1 Å². The number of hydrogen-bond acceptors (Lipinski definition) is 6. The normalized spacial score (nSPS) is 19.8. The molecule has 0 saturated carbocycles. The number of hydrogen-bond donors (Lipinski definition) is 0. The molecule has 0 aliphatic carbocycles. The first-order valence-electron chi connectivity index (χ1n) is 9.89. The Morgan fingerprint density at radius 3 is 2.53 bits per heavy atom. The van der Waals surface area contributed by atoms with Crippen molar-refractivity contribution in [3.63, 3.8) is 0 Å². The molecule has 30 heavy (non-hydrogen) atoms. The fourth-order valence-corrected chi connectivity index (χ4v) is 4.45. The first kappa shape index (κ1) is 20.2. The van der Waals surface area contributed by atoms with E-state index in [9.17, 15) is 19.5 Å². The van der Waals surface area contributed by atoms with Crippen molar-refractivity contribution < 1.29 is 24.2 Å². The molecular weight excluding hydrogens is 388 g/mol. The number of carbonyl (C=O) groups excluding carboxylic acids is 2. The number of carboxylic acids is 1. The van der Waals surface area contributed by atoms with Gasteiger partial charge in [-0.15, -0.1) is 0 Å². The van der Waals surface area contributed by atoms with Gasteiger partial charge in [0.05, 0.1) is 19.7 Å². The number of carbonyl (C=O) groups is 2. The van der Waals surface area contributed by atoms with E-state index in [1.807, 2.05) is 41.0 Å². The molecule has 4 rings (SSSR count). The summed E-state index contributed by atoms with van der Waals surface area (Å²) in [6.45, 7) is 0.696. The topological polar surface area (TPSA) is 101 Å². The number of pyridine rings is 1. The number of ether oxygens (including phenoxy) is 2. The van der Waals surface area contributed by atoms with Gasteiger partial charge in [0.2, 0.25) is 5.91 Å². The van der Waals surface area contributed by atoms with Crippen LogP contribution < -0.4 is 15.4 Å². The molecule has 1 fully saturated rings. The van der Waals surface area contributed by atoms with E-state index in [1.54, 1.807) is 12.0 Å². The van der Waals surface area contributed by atoms with E-state index in [-0.39, 0.29) is 29.9 Å². The summed E-state index contributed by atoms with van der Waals surface area (Å²) in [5, 5.41) is 10.4. The molecular formula is C22H23N2O6-. The molecule has 8 nitrogen and oxygen atoms in total. The number of amides is 1. The lowest BCUT2D eigenvalue weighted by Gasteiger charge is -2.42. The molecule has 2 bridgehead atoms. The zero-order valence-electron chi connectivity index (χ0n) is 16.7. The van der Waals surface area contributed by atoms with Crippen LogP contribution in [0.2, 0.25) is 0 Å². The highest BCUT2D eigenvalue weighted by Gasteiger charge is 2.36. The van der Waals surface area contributed by atoms with Crippen LogP contribution >= 0.6 is 0 Å². The van der Waals surface area contributed by atoms with Crippen LogP contribution in [0.1, 0.15) is 18.0 Å². The van der Waals surface area contributed by atoms with E-state index in [0.717, 1.165) is 23.4 Å². The third-order valence-corrected chi connectivity index (χ3v) is 5.80. The first-order valence-corrected chi connectivity index (χ1v) is 9.89. The standard InChI is InChI=1S/C22H24N2O6/c1-29-17-4-2-15(3-5-17)18-6-7-19-16-8-14(10-24(19)22(18)28)9-23(11-16)20(25)12-30-13-21(26)27/h2-7,14,16H,8-13H2,1H3,(H,26,27)/p-1/t14-,16+/m0/s1. The Bertz CT molecular complexity index is 1010. The third kappa shape index (κ3) is 3.95. The van der Waals surface area contributed by atoms with Crippen LogP contribution in [0.5, 0.6) is 5.75 Å². The van der Waals surface area contributed by atoms with Crippen molar-refractivity contribution in [3.8, 4) is 16.9 Å². The smallest absolute Gasteiger partial charge is 0.258 e. The molecule has 0 spiro atoms. The van der Waals surface area contributed by atoms with Crippen LogP contribution in [0.15, 0.2) is 41.2 Å². The van der Waals surface area contributed by atoms with E-state index >= 15 is 0 Å². The quantitative estimate of drug-likeness (QED) is 0.675. The summed E-state index contributed by atoms with van der Waals surface area (Å²) in [4.78, 5) is 37.7. The molecule has 0 N–H and O–H groups in total. The maximum absolute atomic E-state index is 13.2. The summed E-state index contributed by atoms with van der Waals surface area (Å²) in [6.07, 6.45) is 0.922. The highest BCUT2D eigenvalue weighted by molar-refractivity contribution is 5.78. The van der Waals surface area contributed by atoms with Gasteiger partial charge in [-0.3, -0.25) is 9.59 Å². The molecule has 3 heterocycles. The van der Waals surface area contributed by atoms with Gasteiger partial charge in [0, 0.05) is 36.8 Å². The van der Waals surface area contributed by atoms with Crippen LogP contribution in [-0.2, 0) is 20.9 Å². The van der Waals surface area contributed by atoms with Crippen molar-refractivity contribution >= 4 is 11.9 Å². The summed E-state index contributed by atoms with van der Waals surface area (Å²) >= 11 is 0. The molecule has 2 aliphatic rings. The number of nitrogens with zero attached hydrogens (tertiary/aromatic N) is 2. The highest BCUT2D eigenvalue weighted by Crippen LogP contribution is 2.36. The molecule has 2 atom stereocenters. The second-order valence-electron chi connectivity index (χ2n) is 7.78. The number of carboxylic acid groups (broad SMARTS) is 1. The molecule has 1 amide bonds. The zero-order chi connectivity index (χ0) is 21.3. The number of aliphatic carboxylic acids is 1. The number of methoxy groups -OCH3 is 1. The van der Waals surface area contributed by atoms with E-state index in [1.165, 1.54) is 0 Å². The number of likely N-dealkylation sites (tertiary alicyclic amines) is 1. The molecule has 0 unspecified atom stereocenters. The number of fused-ring (bicyclic) bond motifs is 4. The van der Waals surface area contributed by atoms with Gasteiger partial charge in [0.25, 0.3) is 5.56 Å². The van der Waals surface area contributed by atoms with Gasteiger partial charge in [0.15, 0.2) is 0 Å². The fraction of sp³-hybridized carbons (Fsp3) is 0.409. The van der Waals surface area contributed by atoms with Gasteiger partial charge < -0.3 is 28.8 Å². The van der Waals surface area contributed by atoms with E-state index in [4.69, 9.17) is 9.47 Å². The fourth-order valence-electron chi connectivity index (χ4n) is 4.45. The lowest BCUT2D eigenvalue weighted by atomic mass is 9.82. The molecule has 1 aromatic carbocycles. The van der Waals surface area contributed by atoms with Gasteiger partial charge in [0.1, 0.15) is 12.4 Å². The van der Waals surface area contributed by atoms with Gasteiger partial charge in [-0.25, -0.2) is 0 Å². The largest absolute Gasteiger partial charge is 0.548 e. The van der Waals surface area contributed by atoms with Crippen LogP contribution in [-0.4, -0.2) is 54.8 Å². The maximum atomic E-state index is 13.2. The minimum absolute atomic E-state index is 0.0237. The summed E-state index contributed by atoms with van der Waals surface area (Å²) in [5.74, 6) is -0.610. The Morgan fingerprint density at radius 1 is 1.07 bits per heavy atom. The minimum atomic E-state index is -1.35. The van der Waals surface area contributed by atoms with Crippen LogP contribution in [0, 0.1) is 5.92 Å². The Morgan fingerprint density at radius 2 is 1.83 bits per heavy atom. The van der Waals surface area contributed by atoms with E-state index in [2.05, 4.69) is 0 Å². The van der Waals surface area contributed by atoms with Gasteiger partial charge in [-0.1, -0.05) is 12.1 Å². The number of rotatable bonds is 6. The first-order chi connectivity index (χ1) is 14.5. The van der Waals surface area contributed by atoms with Gasteiger partial charge in [-0.05, 0) is 42.2 Å². The van der Waals surface area contributed by atoms with Gasteiger partial charge >= 0.3 is 0 Å². The van der Waals surface area contributed by atoms with Crippen molar-refractivity contribution in [2.45, 2.75) is 18.9 Å². The molecule has 0 radical (unpaired) electrons. The maximum Gasteiger partial charge on any atom is 0.258 e. The number of benzene rings is 1. The Hall–Kier alpha value is -3.13. The van der Waals surface area contributed by atoms with Crippen molar-refractivity contribution in [2.75, 3.05) is 33.4 Å². The SMILES string of the molecule is COc1ccc(-c2ccc3n(c2=O)C[C@H]2C[C@@H]3CN(C(=O)COCC(=O)[O-])C2)cc1. The van der Waals surface area contributed by atoms with Crippen LogP contribution in [0.4, 0.5) is 0 Å². The summed E-state index contributed by atoms with van der Waals surface area (Å²) in [6, 6.07) is 11.2. The molecule has 158 valence electrons. The van der Waals surface area contributed by atoms with E-state index < -0.39 is 12.6 Å². The van der Waals surface area contributed by atoms with Crippen molar-refractivity contribution in [1.29, 1.82) is 0 Å². The summed E-state index contributed by atoms with van der Waals surface area (Å²) < 4.78 is 11.9. The predicted molar refractivity (Wildman–Crippen MR) is 106 cm³/mol. The molecule has 1 saturated heterocycles.